The van der Waals surface area contributed by atoms with Gasteiger partial charge in [0.15, 0.2) is 0 Å². The first-order chi connectivity index (χ1) is 15.7. The fraction of sp³-hybridized carbons (Fsp3) is 0.120. The Balaban J connectivity index is 1.66. The third-order valence-electron chi connectivity index (χ3n) is 5.89. The summed E-state index contributed by atoms with van der Waals surface area (Å²) in [5.74, 6) is -0.405. The molecule has 0 N–H and O–H groups in total. The Bertz CT molecular complexity index is 1490. The van der Waals surface area contributed by atoms with Gasteiger partial charge in [-0.05, 0) is 35.1 Å². The molecule has 3 heterocycles. The highest BCUT2D eigenvalue weighted by atomic mass is 32.1. The second kappa shape index (κ2) is 7.39. The molecule has 0 radical (unpaired) electrons. The maximum Gasteiger partial charge on any atom is 0.350 e. The van der Waals surface area contributed by atoms with Crippen LogP contribution in [0.3, 0.4) is 0 Å². The monoisotopic (exact) mass is 438 g/mol. The third-order valence-corrected chi connectivity index (χ3v) is 6.95. The summed E-state index contributed by atoms with van der Waals surface area (Å²) in [5.41, 5.74) is 7.15. The predicted molar refractivity (Wildman–Crippen MR) is 124 cm³/mol. The van der Waals surface area contributed by atoms with E-state index in [0.29, 0.717) is 10.6 Å². The highest BCUT2D eigenvalue weighted by molar-refractivity contribution is 7.21. The molecule has 32 heavy (non-hydrogen) atoms. The van der Waals surface area contributed by atoms with Crippen LogP contribution in [0.25, 0.3) is 38.3 Å². The van der Waals surface area contributed by atoms with E-state index < -0.39 is 5.97 Å². The van der Waals surface area contributed by atoms with Gasteiger partial charge in [0, 0.05) is 17.1 Å². The van der Waals surface area contributed by atoms with Crippen LogP contribution in [0, 0.1) is 0 Å². The lowest BCUT2D eigenvalue weighted by molar-refractivity contribution is 0.0606. The molecule has 0 saturated heterocycles. The molecule has 0 saturated carbocycles. The van der Waals surface area contributed by atoms with Crippen LogP contribution in [0.2, 0.25) is 0 Å². The number of aromatic nitrogens is 4. The minimum absolute atomic E-state index is 0.405. The summed E-state index contributed by atoms with van der Waals surface area (Å²) < 4.78 is 6.80. The number of nitrogens with zero attached hydrogens (tertiary/aromatic N) is 4. The van der Waals surface area contributed by atoms with Gasteiger partial charge in [-0.25, -0.2) is 14.5 Å². The molecular formula is C25H18N4O2S. The second-order valence-corrected chi connectivity index (χ2v) is 8.68. The first-order valence-electron chi connectivity index (χ1n) is 10.3. The van der Waals surface area contributed by atoms with Gasteiger partial charge in [0.25, 0.3) is 0 Å². The molecule has 5 aromatic rings. The molecule has 1 aliphatic rings. The van der Waals surface area contributed by atoms with E-state index in [9.17, 15) is 4.79 Å². The van der Waals surface area contributed by atoms with Gasteiger partial charge in [-0.15, -0.1) is 16.4 Å². The Kier molecular flexibility index (Phi) is 4.36. The Morgan fingerprint density at radius 3 is 2.66 bits per heavy atom. The second-order valence-electron chi connectivity index (χ2n) is 7.68. The van der Waals surface area contributed by atoms with Crippen LogP contribution in [0.5, 0.6) is 0 Å². The number of methoxy groups -OCH3 is 1. The molecule has 3 aromatic heterocycles. The van der Waals surface area contributed by atoms with E-state index >= 15 is 0 Å². The highest BCUT2D eigenvalue weighted by Gasteiger charge is 2.28. The largest absolute Gasteiger partial charge is 0.465 e. The zero-order valence-corrected chi connectivity index (χ0v) is 18.1. The van der Waals surface area contributed by atoms with Crippen LogP contribution >= 0.6 is 11.3 Å². The molecular weight excluding hydrogens is 420 g/mol. The van der Waals surface area contributed by atoms with E-state index in [1.54, 1.807) is 4.68 Å². The number of rotatable bonds is 3. The lowest BCUT2D eigenvalue weighted by Gasteiger charge is -2.20. The molecule has 0 bridgehead atoms. The van der Waals surface area contributed by atoms with E-state index in [0.717, 1.165) is 39.9 Å². The standard InChI is InChI=1S/C25H18N4O2S/c1-31-25(30)23-22(29-14-19(27-28-29)16-8-3-2-4-9-16)21-20-17(13-26-24(21)32-23)12-11-15-7-5-6-10-18(15)20/h2-10,13-14H,11-12H2,1H3. The van der Waals surface area contributed by atoms with Gasteiger partial charge in [0.05, 0.1) is 13.3 Å². The Morgan fingerprint density at radius 2 is 1.81 bits per heavy atom. The van der Waals surface area contributed by atoms with E-state index in [-0.39, 0.29) is 0 Å². The molecule has 6 rings (SSSR count). The van der Waals surface area contributed by atoms with Crippen molar-refractivity contribution in [2.75, 3.05) is 7.11 Å². The number of thiophene rings is 1. The lowest BCUT2D eigenvalue weighted by Crippen LogP contribution is -2.08. The molecule has 0 spiro atoms. The van der Waals surface area contributed by atoms with Crippen molar-refractivity contribution < 1.29 is 9.53 Å². The summed E-state index contributed by atoms with van der Waals surface area (Å²) in [6.45, 7) is 0. The average molecular weight is 439 g/mol. The number of carbonyl (C=O) groups excluding carboxylic acids is 1. The number of ether oxygens (including phenoxy) is 1. The van der Waals surface area contributed by atoms with E-state index in [1.165, 1.54) is 35.1 Å². The quantitative estimate of drug-likeness (QED) is 0.367. The van der Waals surface area contributed by atoms with Crippen molar-refractivity contribution in [2.24, 2.45) is 0 Å². The molecule has 0 fully saturated rings. The molecule has 6 nitrogen and oxygen atoms in total. The third kappa shape index (κ3) is 2.85. The van der Waals surface area contributed by atoms with Crippen molar-refractivity contribution in [1.82, 2.24) is 20.0 Å². The van der Waals surface area contributed by atoms with Gasteiger partial charge in [0.2, 0.25) is 0 Å². The topological polar surface area (TPSA) is 69.9 Å². The van der Waals surface area contributed by atoms with E-state index in [1.807, 2.05) is 42.7 Å². The summed E-state index contributed by atoms with van der Waals surface area (Å²) in [5, 5.41) is 9.70. The number of benzene rings is 2. The van der Waals surface area contributed by atoms with Crippen molar-refractivity contribution >= 4 is 27.5 Å². The van der Waals surface area contributed by atoms with Crippen LogP contribution in [0.4, 0.5) is 0 Å². The summed E-state index contributed by atoms with van der Waals surface area (Å²) in [7, 11) is 1.39. The number of hydrogen-bond donors (Lipinski definition) is 0. The maximum atomic E-state index is 12.8. The summed E-state index contributed by atoms with van der Waals surface area (Å²) in [6, 6.07) is 18.3. The number of pyridine rings is 1. The zero-order chi connectivity index (χ0) is 21.7. The minimum atomic E-state index is -0.405. The Labute approximate surface area is 188 Å². The molecule has 156 valence electrons. The average Bonchev–Trinajstić information content (AvgIpc) is 3.48. The fourth-order valence-electron chi connectivity index (χ4n) is 4.40. The normalized spacial score (nSPS) is 12.4. The summed E-state index contributed by atoms with van der Waals surface area (Å²) >= 11 is 1.33. The van der Waals surface area contributed by atoms with Gasteiger partial charge >= 0.3 is 5.97 Å². The molecule has 7 heteroatoms. The summed E-state index contributed by atoms with van der Waals surface area (Å²) in [4.78, 5) is 18.7. The van der Waals surface area contributed by atoms with E-state index in [4.69, 9.17) is 9.72 Å². The number of hydrogen-bond acceptors (Lipinski definition) is 6. The molecule has 0 amide bonds. The minimum Gasteiger partial charge on any atom is -0.465 e. The molecule has 0 aliphatic heterocycles. The van der Waals surface area contributed by atoms with Crippen molar-refractivity contribution in [3.8, 4) is 28.1 Å². The van der Waals surface area contributed by atoms with Gasteiger partial charge in [0.1, 0.15) is 21.1 Å². The van der Waals surface area contributed by atoms with Crippen LogP contribution in [0.1, 0.15) is 20.8 Å². The molecule has 0 unspecified atom stereocenters. The van der Waals surface area contributed by atoms with Crippen molar-refractivity contribution in [3.05, 3.63) is 83.0 Å². The summed E-state index contributed by atoms with van der Waals surface area (Å²) in [6.07, 6.45) is 5.68. The number of fused-ring (bicyclic) bond motifs is 5. The lowest BCUT2D eigenvalue weighted by atomic mass is 9.85. The highest BCUT2D eigenvalue weighted by Crippen LogP contribution is 2.44. The van der Waals surface area contributed by atoms with Crippen LogP contribution in [-0.2, 0) is 17.6 Å². The Morgan fingerprint density at radius 1 is 1.03 bits per heavy atom. The first kappa shape index (κ1) is 18.9. The van der Waals surface area contributed by atoms with Crippen molar-refractivity contribution in [1.29, 1.82) is 0 Å². The van der Waals surface area contributed by atoms with Gasteiger partial charge in [-0.2, -0.15) is 0 Å². The zero-order valence-electron chi connectivity index (χ0n) is 17.3. The van der Waals surface area contributed by atoms with Gasteiger partial charge in [-0.3, -0.25) is 0 Å². The predicted octanol–water partition coefficient (Wildman–Crippen LogP) is 5.10. The van der Waals surface area contributed by atoms with Gasteiger partial charge in [-0.1, -0.05) is 59.8 Å². The van der Waals surface area contributed by atoms with Crippen LogP contribution in [-0.4, -0.2) is 33.1 Å². The fourth-order valence-corrected chi connectivity index (χ4v) is 5.46. The van der Waals surface area contributed by atoms with Crippen LogP contribution < -0.4 is 0 Å². The Hall–Kier alpha value is -3.84. The maximum absolute atomic E-state index is 12.8. The molecule has 1 aliphatic carbocycles. The SMILES string of the molecule is COC(=O)c1sc2ncc3c(c2c1-n1cc(-c2ccccc2)nn1)-c1ccccc1CC3. The van der Waals surface area contributed by atoms with Crippen molar-refractivity contribution in [3.63, 3.8) is 0 Å². The molecule has 2 aromatic carbocycles. The number of aryl methyl sites for hydroxylation is 2. The van der Waals surface area contributed by atoms with E-state index in [2.05, 4.69) is 34.6 Å². The van der Waals surface area contributed by atoms with Gasteiger partial charge < -0.3 is 4.74 Å². The number of esters is 1. The first-order valence-corrected chi connectivity index (χ1v) is 11.2. The van der Waals surface area contributed by atoms with Crippen LogP contribution in [0.15, 0.2) is 67.0 Å². The molecule has 0 atom stereocenters. The van der Waals surface area contributed by atoms with Crippen molar-refractivity contribution in [2.45, 2.75) is 12.8 Å². The smallest absolute Gasteiger partial charge is 0.350 e. The number of carbonyl (C=O) groups is 1.